The molecule has 0 aliphatic heterocycles. The molecule has 2 rings (SSSR count). The first kappa shape index (κ1) is 16.0. The van der Waals surface area contributed by atoms with Crippen molar-refractivity contribution in [2.75, 3.05) is 13.2 Å². The van der Waals surface area contributed by atoms with E-state index in [2.05, 4.69) is 16.8 Å². The van der Waals surface area contributed by atoms with Gasteiger partial charge in [-0.15, -0.1) is 0 Å². The molecule has 1 aromatic heterocycles. The van der Waals surface area contributed by atoms with Crippen LogP contribution in [-0.4, -0.2) is 42.0 Å². The van der Waals surface area contributed by atoms with Crippen LogP contribution in [0.3, 0.4) is 0 Å². The quantitative estimate of drug-likeness (QED) is 0.806. The van der Waals surface area contributed by atoms with E-state index in [-0.39, 0.29) is 17.5 Å². The van der Waals surface area contributed by atoms with Gasteiger partial charge in [-0.25, -0.2) is 8.42 Å². The van der Waals surface area contributed by atoms with Gasteiger partial charge in [-0.05, 0) is 25.3 Å². The molecule has 0 bridgehead atoms. The Bertz CT molecular complexity index is 642. The minimum Gasteiger partial charge on any atom is -0.395 e. The van der Waals surface area contributed by atoms with Gasteiger partial charge < -0.3 is 5.11 Å². The SMILES string of the molecule is CCCN(C1CC1)S(=O)(=O)c1cncc(C#CCCO)c1. The summed E-state index contributed by atoms with van der Waals surface area (Å²) < 4.78 is 26.9. The maximum Gasteiger partial charge on any atom is 0.244 e. The van der Waals surface area contributed by atoms with E-state index in [1.54, 1.807) is 10.4 Å². The lowest BCUT2D eigenvalue weighted by Crippen LogP contribution is -2.33. The molecule has 0 radical (unpaired) electrons. The van der Waals surface area contributed by atoms with Crippen molar-refractivity contribution in [3.8, 4) is 11.8 Å². The van der Waals surface area contributed by atoms with E-state index in [9.17, 15) is 8.42 Å². The fourth-order valence-corrected chi connectivity index (χ4v) is 3.83. The van der Waals surface area contributed by atoms with Crippen LogP contribution < -0.4 is 0 Å². The Kier molecular flexibility index (Phi) is 5.34. The second-order valence-corrected chi connectivity index (χ2v) is 6.92. The number of sulfonamides is 1. The molecule has 1 aliphatic carbocycles. The van der Waals surface area contributed by atoms with Crippen molar-refractivity contribution >= 4 is 10.0 Å². The van der Waals surface area contributed by atoms with Crippen LogP contribution in [0.1, 0.15) is 38.2 Å². The Balaban J connectivity index is 2.27. The van der Waals surface area contributed by atoms with Crippen molar-refractivity contribution < 1.29 is 13.5 Å². The van der Waals surface area contributed by atoms with Crippen LogP contribution >= 0.6 is 0 Å². The molecule has 1 heterocycles. The maximum absolute atomic E-state index is 12.7. The monoisotopic (exact) mass is 308 g/mol. The van der Waals surface area contributed by atoms with Crippen LogP contribution in [0.4, 0.5) is 0 Å². The van der Waals surface area contributed by atoms with Crippen molar-refractivity contribution in [1.82, 2.24) is 9.29 Å². The number of aliphatic hydroxyl groups is 1. The van der Waals surface area contributed by atoms with Crippen LogP contribution in [-0.2, 0) is 10.0 Å². The molecule has 5 nitrogen and oxygen atoms in total. The normalized spacial score (nSPS) is 14.8. The highest BCUT2D eigenvalue weighted by Gasteiger charge is 2.37. The van der Waals surface area contributed by atoms with Crippen LogP contribution in [0.15, 0.2) is 23.4 Å². The molecule has 6 heteroatoms. The fourth-order valence-electron chi connectivity index (χ4n) is 2.07. The Morgan fingerprint density at radius 3 is 2.81 bits per heavy atom. The van der Waals surface area contributed by atoms with Gasteiger partial charge in [-0.2, -0.15) is 4.31 Å². The Morgan fingerprint density at radius 1 is 1.43 bits per heavy atom. The van der Waals surface area contributed by atoms with Gasteiger partial charge in [-0.1, -0.05) is 18.8 Å². The van der Waals surface area contributed by atoms with Crippen molar-refractivity contribution in [2.24, 2.45) is 0 Å². The summed E-state index contributed by atoms with van der Waals surface area (Å²) in [7, 11) is -3.50. The molecule has 0 spiro atoms. The third kappa shape index (κ3) is 4.03. The molecule has 0 aromatic carbocycles. The Hall–Kier alpha value is -1.42. The van der Waals surface area contributed by atoms with E-state index in [0.717, 1.165) is 19.3 Å². The van der Waals surface area contributed by atoms with Crippen LogP contribution in [0.25, 0.3) is 0 Å². The van der Waals surface area contributed by atoms with Crippen molar-refractivity contribution in [1.29, 1.82) is 0 Å². The second kappa shape index (κ2) is 7.03. The zero-order valence-corrected chi connectivity index (χ0v) is 12.9. The number of hydrogen-bond donors (Lipinski definition) is 1. The highest BCUT2D eigenvalue weighted by Crippen LogP contribution is 2.32. The first-order valence-electron chi connectivity index (χ1n) is 7.16. The minimum absolute atomic E-state index is 0.00955. The van der Waals surface area contributed by atoms with Gasteiger partial charge >= 0.3 is 0 Å². The lowest BCUT2D eigenvalue weighted by Gasteiger charge is -2.21. The summed E-state index contributed by atoms with van der Waals surface area (Å²) in [5, 5.41) is 8.71. The summed E-state index contributed by atoms with van der Waals surface area (Å²) in [4.78, 5) is 4.17. The van der Waals surface area contributed by atoms with Gasteiger partial charge in [-0.3, -0.25) is 4.98 Å². The van der Waals surface area contributed by atoms with Crippen LogP contribution in [0.2, 0.25) is 0 Å². The Morgan fingerprint density at radius 2 is 2.19 bits per heavy atom. The molecule has 21 heavy (non-hydrogen) atoms. The standard InChI is InChI=1S/C15H20N2O3S/c1-2-8-17(14-6-7-14)21(19,20)15-10-13(11-16-12-15)5-3-4-9-18/h10-12,14,18H,2,4,6-9H2,1H3. The van der Waals surface area contributed by atoms with Gasteiger partial charge in [0, 0.05) is 37.0 Å². The van der Waals surface area contributed by atoms with Crippen molar-refractivity contribution in [2.45, 2.75) is 43.5 Å². The van der Waals surface area contributed by atoms with E-state index in [1.165, 1.54) is 12.4 Å². The van der Waals surface area contributed by atoms with E-state index < -0.39 is 10.0 Å². The molecule has 1 aromatic rings. The zero-order valence-electron chi connectivity index (χ0n) is 12.1. The van der Waals surface area contributed by atoms with Crippen molar-refractivity contribution in [3.05, 3.63) is 24.0 Å². The highest BCUT2D eigenvalue weighted by molar-refractivity contribution is 7.89. The predicted octanol–water partition coefficient (Wildman–Crippen LogP) is 1.38. The molecular formula is C15H20N2O3S. The summed E-state index contributed by atoms with van der Waals surface area (Å²) in [6.45, 7) is 2.50. The molecular weight excluding hydrogens is 288 g/mol. The second-order valence-electron chi connectivity index (χ2n) is 5.03. The lowest BCUT2D eigenvalue weighted by atomic mass is 10.3. The van der Waals surface area contributed by atoms with Gasteiger partial charge in [0.25, 0.3) is 0 Å². The van der Waals surface area contributed by atoms with Crippen LogP contribution in [0, 0.1) is 11.8 Å². The minimum atomic E-state index is -3.50. The number of aromatic nitrogens is 1. The van der Waals surface area contributed by atoms with E-state index in [4.69, 9.17) is 5.11 Å². The summed E-state index contributed by atoms with van der Waals surface area (Å²) in [5.74, 6) is 5.59. The molecule has 0 unspecified atom stereocenters. The summed E-state index contributed by atoms with van der Waals surface area (Å²) >= 11 is 0. The first-order chi connectivity index (χ1) is 10.1. The largest absolute Gasteiger partial charge is 0.395 e. The van der Waals surface area contributed by atoms with Gasteiger partial charge in [0.1, 0.15) is 4.90 Å². The average molecular weight is 308 g/mol. The molecule has 1 aliphatic rings. The zero-order chi connectivity index (χ0) is 15.3. The van der Waals surface area contributed by atoms with Gasteiger partial charge in [0.05, 0.1) is 6.61 Å². The lowest BCUT2D eigenvalue weighted by molar-refractivity contribution is 0.305. The third-order valence-electron chi connectivity index (χ3n) is 3.19. The summed E-state index contributed by atoms with van der Waals surface area (Å²) in [6.07, 6.45) is 5.92. The van der Waals surface area contributed by atoms with E-state index in [1.807, 2.05) is 6.92 Å². The fraction of sp³-hybridized carbons (Fsp3) is 0.533. The number of rotatable bonds is 6. The predicted molar refractivity (Wildman–Crippen MR) is 80.0 cm³/mol. The van der Waals surface area contributed by atoms with Gasteiger partial charge in [0.2, 0.25) is 10.0 Å². The van der Waals surface area contributed by atoms with Crippen LogP contribution in [0.5, 0.6) is 0 Å². The molecule has 1 saturated carbocycles. The van der Waals surface area contributed by atoms with E-state index in [0.29, 0.717) is 18.5 Å². The number of hydrogen-bond acceptors (Lipinski definition) is 4. The topological polar surface area (TPSA) is 70.5 Å². The Labute approximate surface area is 126 Å². The molecule has 0 amide bonds. The van der Waals surface area contributed by atoms with E-state index >= 15 is 0 Å². The number of nitrogens with zero attached hydrogens (tertiary/aromatic N) is 2. The average Bonchev–Trinajstić information content (AvgIpc) is 3.30. The maximum atomic E-state index is 12.7. The van der Waals surface area contributed by atoms with Gasteiger partial charge in [0.15, 0.2) is 0 Å². The number of aliphatic hydroxyl groups excluding tert-OH is 1. The molecule has 0 atom stereocenters. The first-order valence-corrected chi connectivity index (χ1v) is 8.60. The smallest absolute Gasteiger partial charge is 0.244 e. The summed E-state index contributed by atoms with van der Waals surface area (Å²) in [5.41, 5.74) is 0.553. The van der Waals surface area contributed by atoms with Crippen molar-refractivity contribution in [3.63, 3.8) is 0 Å². The molecule has 1 fully saturated rings. The summed E-state index contributed by atoms with van der Waals surface area (Å²) in [6, 6.07) is 1.69. The third-order valence-corrected chi connectivity index (χ3v) is 5.10. The molecule has 1 N–H and O–H groups in total. The number of pyridine rings is 1. The molecule has 0 saturated heterocycles. The molecule has 114 valence electrons. The highest BCUT2D eigenvalue weighted by atomic mass is 32.2.